The molecule has 0 radical (unpaired) electrons. The minimum Gasteiger partial charge on any atom is -0.310 e. The highest BCUT2D eigenvalue weighted by atomic mass is 32.2. The summed E-state index contributed by atoms with van der Waals surface area (Å²) in [5.74, 6) is 0.764. The van der Waals surface area contributed by atoms with E-state index < -0.39 is 9.84 Å². The smallest absolute Gasteiger partial charge is 0.152 e. The van der Waals surface area contributed by atoms with Crippen LogP contribution in [-0.2, 0) is 9.84 Å². The van der Waals surface area contributed by atoms with E-state index in [1.807, 2.05) is 0 Å². The predicted octanol–water partition coefficient (Wildman–Crippen LogP) is -0.0729. The van der Waals surface area contributed by atoms with Crippen LogP contribution in [0.2, 0.25) is 0 Å². The average Bonchev–Trinajstić information content (AvgIpc) is 2.43. The number of rotatable bonds is 0. The zero-order valence-corrected chi connectivity index (χ0v) is 7.28. The number of hydrogen-bond donors (Lipinski definition) is 1. The summed E-state index contributed by atoms with van der Waals surface area (Å²) in [6.45, 7) is 0.996. The molecule has 2 aliphatic rings. The molecule has 0 bridgehead atoms. The lowest BCUT2D eigenvalue weighted by molar-refractivity contribution is 0.425. The number of sulfone groups is 1. The van der Waals surface area contributed by atoms with Gasteiger partial charge in [-0.25, -0.2) is 8.42 Å². The maximum absolute atomic E-state index is 11.2. The van der Waals surface area contributed by atoms with E-state index in [1.165, 1.54) is 0 Å². The maximum atomic E-state index is 11.2. The van der Waals surface area contributed by atoms with Gasteiger partial charge in [-0.15, -0.1) is 0 Å². The third-order valence-corrected chi connectivity index (χ3v) is 4.54. The molecule has 0 aromatic rings. The Balaban J connectivity index is 2.20. The van der Waals surface area contributed by atoms with Gasteiger partial charge in [-0.05, 0) is 25.8 Å². The van der Waals surface area contributed by atoms with Crippen LogP contribution in [0.15, 0.2) is 0 Å². The zero-order valence-electron chi connectivity index (χ0n) is 6.47. The Bertz CT molecular complexity index is 252. The third-order valence-electron chi connectivity index (χ3n) is 2.72. The van der Waals surface area contributed by atoms with Crippen LogP contribution in [0.25, 0.3) is 0 Å². The van der Waals surface area contributed by atoms with E-state index in [9.17, 15) is 8.42 Å². The monoisotopic (exact) mass is 175 g/mol. The fourth-order valence-electron chi connectivity index (χ4n) is 2.12. The minimum atomic E-state index is -2.70. The highest BCUT2D eigenvalue weighted by Crippen LogP contribution is 2.31. The average molecular weight is 175 g/mol. The van der Waals surface area contributed by atoms with Crippen molar-refractivity contribution < 1.29 is 8.42 Å². The molecule has 1 atom stereocenters. The van der Waals surface area contributed by atoms with Crippen molar-refractivity contribution >= 4 is 9.84 Å². The first-order chi connectivity index (χ1) is 5.12. The molecule has 2 saturated heterocycles. The molecule has 0 amide bonds. The van der Waals surface area contributed by atoms with Crippen LogP contribution in [0.3, 0.4) is 0 Å². The number of nitrogens with one attached hydrogen (secondary N) is 1. The molecule has 64 valence electrons. The Kier molecular flexibility index (Phi) is 1.51. The summed E-state index contributed by atoms with van der Waals surface area (Å²) >= 11 is 0. The molecule has 0 aromatic heterocycles. The van der Waals surface area contributed by atoms with Gasteiger partial charge >= 0.3 is 0 Å². The van der Waals surface area contributed by atoms with E-state index >= 15 is 0 Å². The van der Waals surface area contributed by atoms with Crippen LogP contribution in [0.4, 0.5) is 0 Å². The molecule has 4 heteroatoms. The first-order valence-electron chi connectivity index (χ1n) is 4.07. The molecule has 2 rings (SSSR count). The Morgan fingerprint density at radius 1 is 1.27 bits per heavy atom. The maximum Gasteiger partial charge on any atom is 0.152 e. The lowest BCUT2D eigenvalue weighted by Gasteiger charge is -2.20. The lowest BCUT2D eigenvalue weighted by atomic mass is 9.97. The molecule has 0 aliphatic carbocycles. The fourth-order valence-corrected chi connectivity index (χ4v) is 4.20. The van der Waals surface area contributed by atoms with Crippen LogP contribution in [0, 0.1) is 0 Å². The van der Waals surface area contributed by atoms with Crippen molar-refractivity contribution in [3.63, 3.8) is 0 Å². The van der Waals surface area contributed by atoms with Gasteiger partial charge < -0.3 is 5.32 Å². The first kappa shape index (κ1) is 7.55. The second kappa shape index (κ2) is 2.20. The van der Waals surface area contributed by atoms with Gasteiger partial charge in [-0.1, -0.05) is 0 Å². The molecule has 11 heavy (non-hydrogen) atoms. The van der Waals surface area contributed by atoms with Gasteiger partial charge in [0.05, 0.1) is 11.5 Å². The highest BCUT2D eigenvalue weighted by molar-refractivity contribution is 7.91. The second-order valence-corrected chi connectivity index (χ2v) is 5.84. The molecule has 0 saturated carbocycles. The number of hydrogen-bond acceptors (Lipinski definition) is 3. The third kappa shape index (κ3) is 1.29. The van der Waals surface area contributed by atoms with Crippen molar-refractivity contribution in [3.8, 4) is 0 Å². The summed E-state index contributed by atoms with van der Waals surface area (Å²) in [4.78, 5) is 0. The van der Waals surface area contributed by atoms with Crippen LogP contribution in [-0.4, -0.2) is 32.0 Å². The fraction of sp³-hybridized carbons (Fsp3) is 1.00. The Morgan fingerprint density at radius 2 is 2.09 bits per heavy atom. The van der Waals surface area contributed by atoms with Gasteiger partial charge in [-0.3, -0.25) is 0 Å². The summed E-state index contributed by atoms with van der Waals surface area (Å²) in [5.41, 5.74) is -0.0150. The largest absolute Gasteiger partial charge is 0.310 e. The van der Waals surface area contributed by atoms with Crippen molar-refractivity contribution in [2.75, 3.05) is 18.1 Å². The highest BCUT2D eigenvalue weighted by Gasteiger charge is 2.43. The van der Waals surface area contributed by atoms with Gasteiger partial charge in [0.25, 0.3) is 0 Å². The van der Waals surface area contributed by atoms with Gasteiger partial charge in [0.15, 0.2) is 9.84 Å². The van der Waals surface area contributed by atoms with Crippen LogP contribution >= 0.6 is 0 Å². The predicted molar refractivity (Wildman–Crippen MR) is 43.2 cm³/mol. The van der Waals surface area contributed by atoms with Crippen molar-refractivity contribution in [3.05, 3.63) is 0 Å². The molecule has 1 unspecified atom stereocenters. The van der Waals surface area contributed by atoms with E-state index in [0.29, 0.717) is 11.5 Å². The SMILES string of the molecule is O=S1(=O)CCC2(CCCN2)C1. The summed E-state index contributed by atoms with van der Waals surface area (Å²) in [5, 5.41) is 3.31. The molecule has 2 aliphatic heterocycles. The molecule has 0 aromatic carbocycles. The van der Waals surface area contributed by atoms with E-state index in [2.05, 4.69) is 5.32 Å². The van der Waals surface area contributed by atoms with Gasteiger partial charge in [0, 0.05) is 5.54 Å². The van der Waals surface area contributed by atoms with E-state index in [-0.39, 0.29) is 5.54 Å². The first-order valence-corrected chi connectivity index (χ1v) is 5.90. The molecular formula is C7H13NO2S. The quantitative estimate of drug-likeness (QED) is 0.560. The zero-order chi connectivity index (χ0) is 7.95. The minimum absolute atomic E-state index is 0.0150. The topological polar surface area (TPSA) is 46.2 Å². The normalized spacial score (nSPS) is 41.8. The second-order valence-electron chi connectivity index (χ2n) is 3.65. The molecule has 1 N–H and O–H groups in total. The van der Waals surface area contributed by atoms with E-state index in [1.54, 1.807) is 0 Å². The van der Waals surface area contributed by atoms with Crippen molar-refractivity contribution in [2.24, 2.45) is 0 Å². The van der Waals surface area contributed by atoms with Crippen molar-refractivity contribution in [2.45, 2.75) is 24.8 Å². The van der Waals surface area contributed by atoms with Gasteiger partial charge in [0.1, 0.15) is 0 Å². The molecular weight excluding hydrogens is 162 g/mol. The standard InChI is InChI=1S/C7H13NO2S/c9-11(10)5-3-7(6-11)2-1-4-8-7/h8H,1-6H2. The molecule has 2 fully saturated rings. The Morgan fingerprint density at radius 3 is 2.55 bits per heavy atom. The summed E-state index contributed by atoms with van der Waals surface area (Å²) in [7, 11) is -2.70. The van der Waals surface area contributed by atoms with Crippen molar-refractivity contribution in [1.82, 2.24) is 5.32 Å². The van der Waals surface area contributed by atoms with Gasteiger partial charge in [0.2, 0.25) is 0 Å². The molecule has 1 spiro atoms. The Labute approximate surface area is 67.1 Å². The summed E-state index contributed by atoms with van der Waals surface area (Å²) in [6.07, 6.45) is 3.01. The molecule has 2 heterocycles. The van der Waals surface area contributed by atoms with Crippen molar-refractivity contribution in [1.29, 1.82) is 0 Å². The van der Waals surface area contributed by atoms with Crippen LogP contribution < -0.4 is 5.32 Å². The molecule has 3 nitrogen and oxygen atoms in total. The Hall–Kier alpha value is -0.0900. The van der Waals surface area contributed by atoms with Crippen LogP contribution in [0.5, 0.6) is 0 Å². The van der Waals surface area contributed by atoms with Crippen LogP contribution in [0.1, 0.15) is 19.3 Å². The van der Waals surface area contributed by atoms with Gasteiger partial charge in [-0.2, -0.15) is 0 Å². The summed E-state index contributed by atoms with van der Waals surface area (Å²) < 4.78 is 22.3. The van der Waals surface area contributed by atoms with E-state index in [4.69, 9.17) is 0 Å². The summed E-state index contributed by atoms with van der Waals surface area (Å²) in [6, 6.07) is 0. The van der Waals surface area contributed by atoms with E-state index in [0.717, 1.165) is 25.8 Å². The lowest BCUT2D eigenvalue weighted by Crippen LogP contribution is -2.40.